The number of anilines is 2. The minimum atomic E-state index is 0.368. The van der Waals surface area contributed by atoms with Crippen molar-refractivity contribution in [2.45, 2.75) is 34.1 Å². The molecule has 0 amide bonds. The van der Waals surface area contributed by atoms with Gasteiger partial charge in [0.05, 0.1) is 11.4 Å². The Morgan fingerprint density at radius 2 is 1.88 bits per heavy atom. The van der Waals surface area contributed by atoms with Crippen LogP contribution in [0.25, 0.3) is 0 Å². The first kappa shape index (κ1) is 12.9. The van der Waals surface area contributed by atoms with Crippen molar-refractivity contribution in [3.63, 3.8) is 0 Å². The van der Waals surface area contributed by atoms with Crippen LogP contribution in [-0.2, 0) is 0 Å². The van der Waals surface area contributed by atoms with Crippen molar-refractivity contribution in [3.8, 4) is 0 Å². The van der Waals surface area contributed by atoms with Gasteiger partial charge in [-0.3, -0.25) is 0 Å². The summed E-state index contributed by atoms with van der Waals surface area (Å²) in [6.07, 6.45) is 1.16. The fourth-order valence-corrected chi connectivity index (χ4v) is 1.61. The summed E-state index contributed by atoms with van der Waals surface area (Å²) < 4.78 is 0. The number of nitrogens with two attached hydrogens (primary N) is 1. The second kappa shape index (κ2) is 4.77. The number of rotatable bonds is 3. The molecule has 1 rings (SSSR count). The van der Waals surface area contributed by atoms with E-state index in [1.165, 1.54) is 5.56 Å². The molecule has 2 nitrogen and oxygen atoms in total. The molecule has 1 aromatic carbocycles. The van der Waals surface area contributed by atoms with Gasteiger partial charge in [0.25, 0.3) is 0 Å². The highest BCUT2D eigenvalue weighted by molar-refractivity contribution is 5.68. The molecule has 0 aliphatic heterocycles. The molecule has 0 saturated carbocycles. The molecule has 0 spiro atoms. The van der Waals surface area contributed by atoms with Crippen LogP contribution in [0.5, 0.6) is 0 Å². The number of aryl methyl sites for hydroxylation is 1. The second-order valence-corrected chi connectivity index (χ2v) is 5.79. The van der Waals surface area contributed by atoms with E-state index in [0.29, 0.717) is 5.41 Å². The molecular formula is C14H24N2. The molecule has 16 heavy (non-hydrogen) atoms. The van der Waals surface area contributed by atoms with Crippen molar-refractivity contribution >= 4 is 11.4 Å². The van der Waals surface area contributed by atoms with Gasteiger partial charge in [-0.25, -0.2) is 0 Å². The van der Waals surface area contributed by atoms with Gasteiger partial charge < -0.3 is 10.6 Å². The van der Waals surface area contributed by atoms with E-state index in [2.05, 4.69) is 51.8 Å². The first-order chi connectivity index (χ1) is 7.29. The molecule has 0 aliphatic rings. The number of hydrogen-bond acceptors (Lipinski definition) is 2. The van der Waals surface area contributed by atoms with Crippen molar-refractivity contribution in [2.75, 3.05) is 24.2 Å². The largest absolute Gasteiger partial charge is 0.397 e. The van der Waals surface area contributed by atoms with Crippen molar-refractivity contribution < 1.29 is 0 Å². The van der Waals surface area contributed by atoms with Crippen LogP contribution >= 0.6 is 0 Å². The van der Waals surface area contributed by atoms with Crippen LogP contribution in [0.15, 0.2) is 18.2 Å². The average molecular weight is 220 g/mol. The van der Waals surface area contributed by atoms with Crippen LogP contribution in [0, 0.1) is 12.3 Å². The van der Waals surface area contributed by atoms with Crippen LogP contribution in [-0.4, -0.2) is 13.6 Å². The van der Waals surface area contributed by atoms with Gasteiger partial charge in [-0.1, -0.05) is 26.8 Å². The van der Waals surface area contributed by atoms with Crippen LogP contribution in [0.2, 0.25) is 0 Å². The molecule has 2 N–H and O–H groups in total. The maximum Gasteiger partial charge on any atom is 0.0599 e. The Labute approximate surface area is 99.5 Å². The van der Waals surface area contributed by atoms with E-state index in [4.69, 9.17) is 5.73 Å². The van der Waals surface area contributed by atoms with E-state index in [9.17, 15) is 0 Å². The zero-order chi connectivity index (χ0) is 12.3. The zero-order valence-corrected chi connectivity index (χ0v) is 11.2. The predicted octanol–water partition coefficient (Wildman–Crippen LogP) is 3.45. The molecule has 1 aromatic rings. The fourth-order valence-electron chi connectivity index (χ4n) is 1.61. The first-order valence-electron chi connectivity index (χ1n) is 5.87. The molecule has 0 aromatic heterocycles. The van der Waals surface area contributed by atoms with Gasteiger partial charge in [0.2, 0.25) is 0 Å². The van der Waals surface area contributed by atoms with Crippen molar-refractivity contribution in [3.05, 3.63) is 23.8 Å². The van der Waals surface area contributed by atoms with Crippen LogP contribution < -0.4 is 10.6 Å². The zero-order valence-electron chi connectivity index (χ0n) is 11.2. The fraction of sp³-hybridized carbons (Fsp3) is 0.571. The number of nitrogens with zero attached hydrogens (tertiary/aromatic N) is 1. The molecule has 0 radical (unpaired) electrons. The Bertz CT molecular complexity index is 350. The average Bonchev–Trinajstić information content (AvgIpc) is 2.17. The Morgan fingerprint density at radius 1 is 1.25 bits per heavy atom. The Kier molecular flexibility index (Phi) is 3.84. The highest BCUT2D eigenvalue weighted by atomic mass is 15.1. The summed E-state index contributed by atoms with van der Waals surface area (Å²) in [5.41, 5.74) is 9.62. The van der Waals surface area contributed by atoms with Gasteiger partial charge >= 0.3 is 0 Å². The summed E-state index contributed by atoms with van der Waals surface area (Å²) in [5.74, 6) is 0. The lowest BCUT2D eigenvalue weighted by atomic mass is 9.92. The number of benzene rings is 1. The third-order valence-electron chi connectivity index (χ3n) is 2.79. The van der Waals surface area contributed by atoms with E-state index in [0.717, 1.165) is 24.3 Å². The lowest BCUT2D eigenvalue weighted by molar-refractivity contribution is 0.382. The molecule has 90 valence electrons. The molecule has 2 heteroatoms. The molecule has 0 aliphatic carbocycles. The van der Waals surface area contributed by atoms with Gasteiger partial charge in [0.15, 0.2) is 0 Å². The van der Waals surface area contributed by atoms with Gasteiger partial charge in [-0.2, -0.15) is 0 Å². The van der Waals surface area contributed by atoms with Gasteiger partial charge in [0, 0.05) is 13.6 Å². The topological polar surface area (TPSA) is 29.3 Å². The van der Waals surface area contributed by atoms with Gasteiger partial charge in [-0.15, -0.1) is 0 Å². The van der Waals surface area contributed by atoms with E-state index >= 15 is 0 Å². The molecule has 0 heterocycles. The van der Waals surface area contributed by atoms with E-state index in [-0.39, 0.29) is 0 Å². The summed E-state index contributed by atoms with van der Waals surface area (Å²) in [5, 5.41) is 0. The van der Waals surface area contributed by atoms with E-state index in [1.54, 1.807) is 0 Å². The minimum absolute atomic E-state index is 0.368. The summed E-state index contributed by atoms with van der Waals surface area (Å²) in [6, 6.07) is 6.19. The highest BCUT2D eigenvalue weighted by Crippen LogP contribution is 2.25. The summed E-state index contributed by atoms with van der Waals surface area (Å²) in [6.45, 7) is 9.93. The maximum absolute atomic E-state index is 5.99. The lowest BCUT2D eigenvalue weighted by Gasteiger charge is -2.26. The lowest BCUT2D eigenvalue weighted by Crippen LogP contribution is -2.23. The van der Waals surface area contributed by atoms with Gasteiger partial charge in [-0.05, 0) is 36.5 Å². The van der Waals surface area contributed by atoms with Crippen molar-refractivity contribution in [2.24, 2.45) is 5.41 Å². The van der Waals surface area contributed by atoms with Gasteiger partial charge in [0.1, 0.15) is 0 Å². The standard InChI is InChI=1S/C14H24N2/c1-11-6-7-12(15)13(10-11)16(5)9-8-14(2,3)4/h6-7,10H,8-9,15H2,1-5H3. The Balaban J connectivity index is 2.73. The summed E-state index contributed by atoms with van der Waals surface area (Å²) in [4.78, 5) is 2.24. The highest BCUT2D eigenvalue weighted by Gasteiger charge is 2.12. The maximum atomic E-state index is 5.99. The molecule has 0 bridgehead atoms. The Morgan fingerprint density at radius 3 is 2.44 bits per heavy atom. The minimum Gasteiger partial charge on any atom is -0.397 e. The molecule has 0 fully saturated rings. The monoisotopic (exact) mass is 220 g/mol. The van der Waals surface area contributed by atoms with Crippen molar-refractivity contribution in [1.29, 1.82) is 0 Å². The third-order valence-corrected chi connectivity index (χ3v) is 2.79. The van der Waals surface area contributed by atoms with Crippen LogP contribution in [0.4, 0.5) is 11.4 Å². The van der Waals surface area contributed by atoms with Crippen LogP contribution in [0.1, 0.15) is 32.8 Å². The third kappa shape index (κ3) is 3.76. The van der Waals surface area contributed by atoms with Crippen molar-refractivity contribution in [1.82, 2.24) is 0 Å². The number of nitrogen functional groups attached to an aromatic ring is 1. The number of hydrogen-bond donors (Lipinski definition) is 1. The van der Waals surface area contributed by atoms with E-state index < -0.39 is 0 Å². The van der Waals surface area contributed by atoms with Crippen LogP contribution in [0.3, 0.4) is 0 Å². The molecule has 0 saturated heterocycles. The quantitative estimate of drug-likeness (QED) is 0.791. The summed E-state index contributed by atoms with van der Waals surface area (Å²) >= 11 is 0. The molecular weight excluding hydrogens is 196 g/mol. The smallest absolute Gasteiger partial charge is 0.0599 e. The first-order valence-corrected chi connectivity index (χ1v) is 5.87. The Hall–Kier alpha value is -1.18. The molecule has 0 atom stereocenters. The normalized spacial score (nSPS) is 11.6. The van der Waals surface area contributed by atoms with E-state index in [1.807, 2.05) is 6.07 Å². The second-order valence-electron chi connectivity index (χ2n) is 5.79. The SMILES string of the molecule is Cc1ccc(N)c(N(C)CCC(C)(C)C)c1. The predicted molar refractivity (Wildman–Crippen MR) is 72.9 cm³/mol. The summed E-state index contributed by atoms with van der Waals surface area (Å²) in [7, 11) is 2.11. The molecule has 0 unspecified atom stereocenters.